The highest BCUT2D eigenvalue weighted by molar-refractivity contribution is 4.90. The second-order valence-corrected chi connectivity index (χ2v) is 5.36. The van der Waals surface area contributed by atoms with E-state index in [9.17, 15) is 5.11 Å². The lowest BCUT2D eigenvalue weighted by atomic mass is 9.78. The number of likely N-dealkylation sites (tertiary alicyclic amines) is 1. The van der Waals surface area contributed by atoms with E-state index in [0.717, 1.165) is 32.4 Å². The molecular formula is C13H23N3O3. The summed E-state index contributed by atoms with van der Waals surface area (Å²) in [4.78, 5) is 6.58. The number of rotatable bonds is 6. The molecule has 2 rings (SSSR count). The standard InChI is InChI=1S/C13H23N3O3/c1-3-13(10-17)5-4-6-16(9-13)7-11-14-12(8-18-2)19-15-11/h17H,3-10H2,1-2H3/t13-/m1/s1. The minimum atomic E-state index is 0.0390. The van der Waals surface area contributed by atoms with Crippen LogP contribution in [0.5, 0.6) is 0 Å². The van der Waals surface area contributed by atoms with Gasteiger partial charge in [-0.15, -0.1) is 0 Å². The zero-order chi connectivity index (χ0) is 13.7. The van der Waals surface area contributed by atoms with E-state index in [1.54, 1.807) is 7.11 Å². The average Bonchev–Trinajstić information content (AvgIpc) is 2.87. The minimum Gasteiger partial charge on any atom is -0.396 e. The molecule has 6 nitrogen and oxygen atoms in total. The van der Waals surface area contributed by atoms with E-state index in [2.05, 4.69) is 22.0 Å². The van der Waals surface area contributed by atoms with Crippen molar-refractivity contribution in [1.82, 2.24) is 15.0 Å². The normalized spacial score (nSPS) is 24.8. The monoisotopic (exact) mass is 269 g/mol. The summed E-state index contributed by atoms with van der Waals surface area (Å²) in [7, 11) is 1.60. The van der Waals surface area contributed by atoms with Gasteiger partial charge >= 0.3 is 0 Å². The Hall–Kier alpha value is -0.980. The molecule has 0 bridgehead atoms. The molecule has 1 aliphatic rings. The maximum absolute atomic E-state index is 9.61. The highest BCUT2D eigenvalue weighted by Gasteiger charge is 2.33. The van der Waals surface area contributed by atoms with Gasteiger partial charge in [0, 0.05) is 25.7 Å². The Morgan fingerprint density at radius 2 is 2.37 bits per heavy atom. The van der Waals surface area contributed by atoms with Crippen LogP contribution in [0.4, 0.5) is 0 Å². The Kier molecular flexibility index (Phi) is 4.90. The largest absolute Gasteiger partial charge is 0.396 e. The predicted octanol–water partition coefficient (Wildman–Crippen LogP) is 1.20. The van der Waals surface area contributed by atoms with E-state index in [4.69, 9.17) is 9.26 Å². The number of piperidine rings is 1. The molecule has 0 saturated carbocycles. The van der Waals surface area contributed by atoms with Crippen molar-refractivity contribution in [2.45, 2.75) is 39.3 Å². The summed E-state index contributed by atoms with van der Waals surface area (Å²) in [5, 5.41) is 13.6. The third-order valence-electron chi connectivity index (χ3n) is 3.97. The molecular weight excluding hydrogens is 246 g/mol. The maximum Gasteiger partial charge on any atom is 0.252 e. The van der Waals surface area contributed by atoms with Crippen LogP contribution in [-0.4, -0.2) is 47.0 Å². The van der Waals surface area contributed by atoms with Gasteiger partial charge in [-0.25, -0.2) is 0 Å². The van der Waals surface area contributed by atoms with E-state index < -0.39 is 0 Å². The number of nitrogens with zero attached hydrogens (tertiary/aromatic N) is 3. The molecule has 6 heteroatoms. The Morgan fingerprint density at radius 3 is 3.05 bits per heavy atom. The van der Waals surface area contributed by atoms with E-state index in [1.807, 2.05) is 0 Å². The number of aliphatic hydroxyl groups excluding tert-OH is 1. The molecule has 0 aromatic carbocycles. The lowest BCUT2D eigenvalue weighted by Crippen LogP contribution is -2.44. The summed E-state index contributed by atoms with van der Waals surface area (Å²) >= 11 is 0. The van der Waals surface area contributed by atoms with E-state index in [-0.39, 0.29) is 12.0 Å². The van der Waals surface area contributed by atoms with Crippen LogP contribution in [-0.2, 0) is 17.9 Å². The molecule has 1 aromatic heterocycles. The number of aromatic nitrogens is 2. The second-order valence-electron chi connectivity index (χ2n) is 5.36. The lowest BCUT2D eigenvalue weighted by Gasteiger charge is -2.40. The molecule has 1 aliphatic heterocycles. The summed E-state index contributed by atoms with van der Waals surface area (Å²) in [6.45, 7) is 5.34. The summed E-state index contributed by atoms with van der Waals surface area (Å²) in [5.74, 6) is 1.20. The van der Waals surface area contributed by atoms with Gasteiger partial charge in [-0.1, -0.05) is 12.1 Å². The number of hydrogen-bond donors (Lipinski definition) is 1. The van der Waals surface area contributed by atoms with Crippen molar-refractivity contribution in [3.05, 3.63) is 11.7 Å². The smallest absolute Gasteiger partial charge is 0.252 e. The Balaban J connectivity index is 1.94. The van der Waals surface area contributed by atoms with Gasteiger partial charge in [-0.2, -0.15) is 4.98 Å². The molecule has 0 spiro atoms. The average molecular weight is 269 g/mol. The zero-order valence-corrected chi connectivity index (χ0v) is 11.8. The van der Waals surface area contributed by atoms with Gasteiger partial charge in [0.05, 0.1) is 6.54 Å². The molecule has 0 radical (unpaired) electrons. The summed E-state index contributed by atoms with van der Waals surface area (Å²) in [6.07, 6.45) is 3.20. The van der Waals surface area contributed by atoms with Crippen LogP contribution in [0.15, 0.2) is 4.52 Å². The highest BCUT2D eigenvalue weighted by Crippen LogP contribution is 2.33. The van der Waals surface area contributed by atoms with Crippen molar-refractivity contribution in [1.29, 1.82) is 0 Å². The van der Waals surface area contributed by atoms with Crippen molar-refractivity contribution >= 4 is 0 Å². The second kappa shape index (κ2) is 6.45. The minimum absolute atomic E-state index is 0.0390. The fourth-order valence-electron chi connectivity index (χ4n) is 2.71. The van der Waals surface area contributed by atoms with E-state index in [0.29, 0.717) is 24.9 Å². The first-order chi connectivity index (χ1) is 9.21. The first-order valence-electron chi connectivity index (χ1n) is 6.85. The molecule has 19 heavy (non-hydrogen) atoms. The van der Waals surface area contributed by atoms with Crippen molar-refractivity contribution in [3.63, 3.8) is 0 Å². The Morgan fingerprint density at radius 1 is 1.53 bits per heavy atom. The fraction of sp³-hybridized carbons (Fsp3) is 0.846. The van der Waals surface area contributed by atoms with Gasteiger partial charge < -0.3 is 14.4 Å². The van der Waals surface area contributed by atoms with Crippen LogP contribution >= 0.6 is 0 Å². The Bertz CT molecular complexity index is 390. The number of hydrogen-bond acceptors (Lipinski definition) is 6. The molecule has 1 aromatic rings. The number of ether oxygens (including phenoxy) is 1. The fourth-order valence-corrected chi connectivity index (χ4v) is 2.71. The van der Waals surface area contributed by atoms with Gasteiger partial charge in [0.1, 0.15) is 6.61 Å². The third kappa shape index (κ3) is 3.52. The van der Waals surface area contributed by atoms with Crippen LogP contribution in [0.2, 0.25) is 0 Å². The molecule has 1 atom stereocenters. The van der Waals surface area contributed by atoms with Crippen molar-refractivity contribution in [2.24, 2.45) is 5.41 Å². The molecule has 1 N–H and O–H groups in total. The van der Waals surface area contributed by atoms with Gasteiger partial charge in [-0.05, 0) is 25.8 Å². The topological polar surface area (TPSA) is 71.6 Å². The molecule has 0 aliphatic carbocycles. The van der Waals surface area contributed by atoms with Gasteiger partial charge in [-0.3, -0.25) is 4.90 Å². The zero-order valence-electron chi connectivity index (χ0n) is 11.8. The summed E-state index contributed by atoms with van der Waals surface area (Å²) < 4.78 is 10.0. The molecule has 1 fully saturated rings. The van der Waals surface area contributed by atoms with Crippen LogP contribution in [0.25, 0.3) is 0 Å². The molecule has 1 saturated heterocycles. The van der Waals surface area contributed by atoms with Crippen LogP contribution in [0.1, 0.15) is 37.9 Å². The number of methoxy groups -OCH3 is 1. The molecule has 0 amide bonds. The van der Waals surface area contributed by atoms with Crippen LogP contribution in [0, 0.1) is 5.41 Å². The first-order valence-corrected chi connectivity index (χ1v) is 6.85. The third-order valence-corrected chi connectivity index (χ3v) is 3.97. The maximum atomic E-state index is 9.61. The van der Waals surface area contributed by atoms with Crippen molar-refractivity contribution in [3.8, 4) is 0 Å². The van der Waals surface area contributed by atoms with Crippen molar-refractivity contribution in [2.75, 3.05) is 26.8 Å². The molecule has 108 valence electrons. The van der Waals surface area contributed by atoms with Gasteiger partial charge in [0.2, 0.25) is 0 Å². The summed E-state index contributed by atoms with van der Waals surface area (Å²) in [6, 6.07) is 0. The van der Waals surface area contributed by atoms with Crippen LogP contribution in [0.3, 0.4) is 0 Å². The predicted molar refractivity (Wildman–Crippen MR) is 69.3 cm³/mol. The lowest BCUT2D eigenvalue weighted by molar-refractivity contribution is 0.0245. The number of aliphatic hydroxyl groups is 1. The van der Waals surface area contributed by atoms with Gasteiger partial charge in [0.15, 0.2) is 5.82 Å². The van der Waals surface area contributed by atoms with E-state index >= 15 is 0 Å². The highest BCUT2D eigenvalue weighted by atomic mass is 16.5. The van der Waals surface area contributed by atoms with E-state index in [1.165, 1.54) is 0 Å². The van der Waals surface area contributed by atoms with Crippen LogP contribution < -0.4 is 0 Å². The molecule has 0 unspecified atom stereocenters. The van der Waals surface area contributed by atoms with Crippen molar-refractivity contribution < 1.29 is 14.4 Å². The Labute approximate surface area is 113 Å². The SMILES string of the molecule is CC[C@@]1(CO)CCCN(Cc2noc(COC)n2)C1. The molecule has 2 heterocycles. The van der Waals surface area contributed by atoms with Gasteiger partial charge in [0.25, 0.3) is 5.89 Å². The quantitative estimate of drug-likeness (QED) is 0.836. The summed E-state index contributed by atoms with van der Waals surface area (Å²) in [5.41, 5.74) is 0.0390. The first kappa shape index (κ1) is 14.4.